The topological polar surface area (TPSA) is 95.9 Å². The monoisotopic (exact) mass is 720 g/mol. The Labute approximate surface area is 287 Å². The first kappa shape index (κ1) is 33.4. The number of piperazine rings is 1. The molecule has 2 N–H and O–H groups in total. The van der Waals surface area contributed by atoms with Crippen molar-refractivity contribution in [3.05, 3.63) is 35.9 Å². The molecule has 16 heteroatoms. The molecule has 2 aromatic heterocycles. The SMILES string of the molecule is CCOc1nc(-c2cc(O)cc3ccc(F)c(SC(F)(F)F)c23)c(F)c2nc(OC[C@@]34CCCN3C[C@H](F)C4)nc(N3C[C@H]4CC[C@@H](C3)N4)c12. The van der Waals surface area contributed by atoms with Crippen molar-refractivity contribution in [3.8, 4) is 28.9 Å². The van der Waals surface area contributed by atoms with Gasteiger partial charge in [-0.15, -0.1) is 0 Å². The van der Waals surface area contributed by atoms with Crippen LogP contribution < -0.4 is 19.7 Å². The number of nitrogens with one attached hydrogen (secondary N) is 1. The highest BCUT2D eigenvalue weighted by atomic mass is 32.2. The van der Waals surface area contributed by atoms with Crippen LogP contribution >= 0.6 is 11.8 Å². The van der Waals surface area contributed by atoms with E-state index in [-0.39, 0.29) is 64.4 Å². The Balaban J connectivity index is 1.33. The number of ether oxygens (including phenoxy) is 2. The molecule has 266 valence electrons. The van der Waals surface area contributed by atoms with Crippen molar-refractivity contribution in [2.45, 2.75) is 73.2 Å². The van der Waals surface area contributed by atoms with Crippen LogP contribution in [0.25, 0.3) is 32.9 Å². The van der Waals surface area contributed by atoms with E-state index >= 15 is 8.78 Å². The lowest BCUT2D eigenvalue weighted by molar-refractivity contribution is -0.0328. The molecule has 0 unspecified atom stereocenters. The minimum absolute atomic E-state index is 0.0409. The van der Waals surface area contributed by atoms with Gasteiger partial charge < -0.3 is 24.8 Å². The molecule has 2 bridgehead atoms. The first-order valence-corrected chi connectivity index (χ1v) is 17.5. The van der Waals surface area contributed by atoms with Gasteiger partial charge in [-0.25, -0.2) is 18.2 Å². The molecule has 4 saturated heterocycles. The number of thioether (sulfide) groups is 1. The van der Waals surface area contributed by atoms with Crippen LogP contribution in [0.15, 0.2) is 29.2 Å². The van der Waals surface area contributed by atoms with Crippen LogP contribution in [0.4, 0.5) is 32.2 Å². The van der Waals surface area contributed by atoms with Gasteiger partial charge in [-0.3, -0.25) is 4.90 Å². The highest BCUT2D eigenvalue weighted by Gasteiger charge is 2.49. The number of benzene rings is 2. The summed E-state index contributed by atoms with van der Waals surface area (Å²) in [4.78, 5) is 17.0. The fourth-order valence-electron chi connectivity index (χ4n) is 8.23. The third kappa shape index (κ3) is 5.92. The number of alkyl halides is 4. The summed E-state index contributed by atoms with van der Waals surface area (Å²) in [6, 6.07) is 4.46. The smallest absolute Gasteiger partial charge is 0.446 e. The molecule has 2 aromatic carbocycles. The Bertz CT molecular complexity index is 1970. The predicted octanol–water partition coefficient (Wildman–Crippen LogP) is 6.74. The lowest BCUT2D eigenvalue weighted by atomic mass is 9.95. The van der Waals surface area contributed by atoms with Crippen LogP contribution in [0.2, 0.25) is 0 Å². The molecule has 0 aliphatic carbocycles. The van der Waals surface area contributed by atoms with Crippen LogP contribution in [-0.2, 0) is 0 Å². The molecule has 9 nitrogen and oxygen atoms in total. The number of phenols is 1. The Morgan fingerprint density at radius 1 is 1.04 bits per heavy atom. The number of hydrogen-bond acceptors (Lipinski definition) is 10. The van der Waals surface area contributed by atoms with E-state index < -0.39 is 57.0 Å². The molecule has 0 radical (unpaired) electrons. The van der Waals surface area contributed by atoms with E-state index in [0.29, 0.717) is 31.9 Å². The molecule has 4 atom stereocenters. The van der Waals surface area contributed by atoms with Crippen molar-refractivity contribution in [2.75, 3.05) is 44.3 Å². The first-order valence-electron chi connectivity index (χ1n) is 16.7. The molecule has 4 aliphatic rings. The summed E-state index contributed by atoms with van der Waals surface area (Å²) in [5.74, 6) is -2.37. The fraction of sp³-hybridized carbons (Fsp3) is 0.500. The van der Waals surface area contributed by atoms with E-state index in [9.17, 15) is 22.7 Å². The van der Waals surface area contributed by atoms with Gasteiger partial charge in [0.05, 0.1) is 17.0 Å². The zero-order valence-corrected chi connectivity index (χ0v) is 27.8. The van der Waals surface area contributed by atoms with Crippen molar-refractivity contribution in [3.63, 3.8) is 0 Å². The molecule has 0 spiro atoms. The summed E-state index contributed by atoms with van der Waals surface area (Å²) in [6.45, 7) is 4.02. The Morgan fingerprint density at radius 2 is 1.82 bits per heavy atom. The lowest BCUT2D eigenvalue weighted by Crippen LogP contribution is -2.51. The molecule has 4 aliphatic heterocycles. The Hall–Kier alpha value is -3.76. The molecule has 6 heterocycles. The van der Waals surface area contributed by atoms with Gasteiger partial charge in [-0.2, -0.15) is 23.1 Å². The van der Waals surface area contributed by atoms with Crippen LogP contribution in [0, 0.1) is 11.6 Å². The summed E-state index contributed by atoms with van der Waals surface area (Å²) in [6.07, 6.45) is 2.81. The third-order valence-corrected chi connectivity index (χ3v) is 11.1. The summed E-state index contributed by atoms with van der Waals surface area (Å²) in [5, 5.41) is 14.1. The summed E-state index contributed by atoms with van der Waals surface area (Å²) >= 11 is -0.676. The maximum atomic E-state index is 17.1. The lowest BCUT2D eigenvalue weighted by Gasteiger charge is -2.35. The van der Waals surface area contributed by atoms with Crippen molar-refractivity contribution >= 4 is 39.3 Å². The van der Waals surface area contributed by atoms with Crippen LogP contribution in [0.5, 0.6) is 17.6 Å². The minimum atomic E-state index is -4.87. The van der Waals surface area contributed by atoms with E-state index in [4.69, 9.17) is 14.5 Å². The number of aromatic hydroxyl groups is 1. The van der Waals surface area contributed by atoms with E-state index in [0.717, 1.165) is 44.4 Å². The van der Waals surface area contributed by atoms with Gasteiger partial charge in [0, 0.05) is 49.1 Å². The third-order valence-electron chi connectivity index (χ3n) is 10.2. The summed E-state index contributed by atoms with van der Waals surface area (Å²) in [7, 11) is 0. The second-order valence-electron chi connectivity index (χ2n) is 13.5. The van der Waals surface area contributed by atoms with Gasteiger partial charge in [-0.05, 0) is 74.5 Å². The van der Waals surface area contributed by atoms with Gasteiger partial charge in [0.25, 0.3) is 0 Å². The zero-order chi connectivity index (χ0) is 34.9. The van der Waals surface area contributed by atoms with Gasteiger partial charge in [0.15, 0.2) is 5.82 Å². The average molecular weight is 721 g/mol. The molecular formula is C34H34F6N6O3S. The maximum absolute atomic E-state index is 17.1. The van der Waals surface area contributed by atoms with Crippen molar-refractivity contribution in [1.29, 1.82) is 0 Å². The van der Waals surface area contributed by atoms with Crippen LogP contribution in [-0.4, -0.2) is 93.7 Å². The normalized spacial score (nSPS) is 25.2. The fourth-order valence-corrected chi connectivity index (χ4v) is 8.95. The number of aromatic nitrogens is 3. The predicted molar refractivity (Wildman–Crippen MR) is 176 cm³/mol. The van der Waals surface area contributed by atoms with Gasteiger partial charge in [0.2, 0.25) is 5.88 Å². The molecule has 8 rings (SSSR count). The number of hydrogen-bond donors (Lipinski definition) is 2. The molecular weight excluding hydrogens is 686 g/mol. The number of rotatable bonds is 8. The molecule has 0 amide bonds. The molecule has 4 fully saturated rings. The number of phenolic OH excluding ortho intramolecular Hbond substituents is 1. The standard InChI is InChI=1S/C34H34F6N6O3S/c1-2-48-31-25-28(26(37)27(42-31)22-11-21(47)10-17-4-7-23(36)29(24(17)22)50-34(38,39)40)43-32(44-30(25)45-14-19-5-6-20(15-45)41-19)49-16-33-8-3-9-46(33)13-18(35)12-33/h4,7,10-11,18-20,41,47H,2-3,5-6,8-9,12-16H2,1H3/t18-,19-,20+,33+/m1/s1. The first-order chi connectivity index (χ1) is 23.9. The Morgan fingerprint density at radius 3 is 2.56 bits per heavy atom. The van der Waals surface area contributed by atoms with Crippen LogP contribution in [0.1, 0.15) is 39.0 Å². The van der Waals surface area contributed by atoms with Crippen molar-refractivity contribution < 1.29 is 40.9 Å². The largest absolute Gasteiger partial charge is 0.508 e. The Kier molecular flexibility index (Phi) is 8.33. The molecule has 50 heavy (non-hydrogen) atoms. The van der Waals surface area contributed by atoms with Gasteiger partial charge in [-0.1, -0.05) is 6.07 Å². The quantitative estimate of drug-likeness (QED) is 0.151. The van der Waals surface area contributed by atoms with E-state index in [1.807, 2.05) is 4.90 Å². The second-order valence-corrected chi connectivity index (χ2v) is 14.6. The number of halogens is 6. The van der Waals surface area contributed by atoms with Gasteiger partial charge in [0.1, 0.15) is 46.8 Å². The van der Waals surface area contributed by atoms with Gasteiger partial charge >= 0.3 is 11.5 Å². The average Bonchev–Trinajstić information content (AvgIpc) is 3.71. The van der Waals surface area contributed by atoms with E-state index in [1.54, 1.807) is 6.92 Å². The van der Waals surface area contributed by atoms with Crippen molar-refractivity contribution in [2.24, 2.45) is 0 Å². The molecule has 4 aromatic rings. The highest BCUT2D eigenvalue weighted by Crippen LogP contribution is 2.48. The number of fused-ring (bicyclic) bond motifs is 5. The number of anilines is 1. The summed E-state index contributed by atoms with van der Waals surface area (Å²) in [5.41, 5.74) is -6.46. The maximum Gasteiger partial charge on any atom is 0.446 e. The number of pyridine rings is 1. The number of nitrogens with zero attached hydrogens (tertiary/aromatic N) is 5. The highest BCUT2D eigenvalue weighted by molar-refractivity contribution is 8.00. The minimum Gasteiger partial charge on any atom is -0.508 e. The van der Waals surface area contributed by atoms with E-state index in [1.165, 1.54) is 12.1 Å². The summed E-state index contributed by atoms with van der Waals surface area (Å²) < 4.78 is 100. The zero-order valence-electron chi connectivity index (χ0n) is 27.0. The van der Waals surface area contributed by atoms with E-state index in [2.05, 4.69) is 20.2 Å². The molecule has 0 saturated carbocycles. The van der Waals surface area contributed by atoms with Crippen LogP contribution in [0.3, 0.4) is 0 Å². The second kappa shape index (κ2) is 12.5. The van der Waals surface area contributed by atoms with Crippen molar-refractivity contribution in [1.82, 2.24) is 25.2 Å².